The van der Waals surface area contributed by atoms with Gasteiger partial charge < -0.3 is 15.4 Å². The van der Waals surface area contributed by atoms with Crippen LogP contribution in [0.3, 0.4) is 0 Å². The van der Waals surface area contributed by atoms with Crippen molar-refractivity contribution < 1.29 is 19.2 Å². The Morgan fingerprint density at radius 1 is 1.22 bits per heavy atom. The van der Waals surface area contributed by atoms with Crippen LogP contribution in [0.15, 0.2) is 54.6 Å². The zero-order valence-corrected chi connectivity index (χ0v) is 17.9. The molecule has 3 rings (SSSR count). The molecule has 0 saturated carbocycles. The largest absolute Gasteiger partial charge is 0.376 e. The van der Waals surface area contributed by atoms with Crippen molar-refractivity contribution in [2.45, 2.75) is 18.9 Å². The Labute approximate surface area is 190 Å². The van der Waals surface area contributed by atoms with Gasteiger partial charge in [0.2, 0.25) is 5.91 Å². The van der Waals surface area contributed by atoms with Crippen LogP contribution in [0.25, 0.3) is 6.08 Å². The number of ether oxygens (including phenoxy) is 1. The zero-order chi connectivity index (χ0) is 22.9. The Kier molecular flexibility index (Phi) is 8.01. The van der Waals surface area contributed by atoms with Gasteiger partial charge in [-0.05, 0) is 48.8 Å². The van der Waals surface area contributed by atoms with Crippen molar-refractivity contribution in [2.24, 2.45) is 0 Å². The molecule has 9 nitrogen and oxygen atoms in total. The summed E-state index contributed by atoms with van der Waals surface area (Å²) in [4.78, 5) is 35.0. The molecular weight excluding hydrogens is 432 g/mol. The summed E-state index contributed by atoms with van der Waals surface area (Å²) < 4.78 is 5.51. The summed E-state index contributed by atoms with van der Waals surface area (Å²) in [5.41, 5.74) is 1.26. The highest BCUT2D eigenvalue weighted by Gasteiger charge is 2.18. The summed E-state index contributed by atoms with van der Waals surface area (Å²) in [5.74, 6) is -0.794. The molecule has 1 aliphatic heterocycles. The number of thiocarbonyl (C=S) groups is 1. The number of nitrogens with one attached hydrogen (secondary N) is 3. The van der Waals surface area contributed by atoms with Crippen LogP contribution in [0.4, 0.5) is 11.4 Å². The number of hydrogen-bond acceptors (Lipinski definition) is 6. The Hall–Kier alpha value is -3.63. The molecule has 32 heavy (non-hydrogen) atoms. The van der Waals surface area contributed by atoms with Crippen molar-refractivity contribution >= 4 is 46.6 Å². The van der Waals surface area contributed by atoms with Gasteiger partial charge in [-0.25, -0.2) is 0 Å². The molecule has 2 amide bonds. The summed E-state index contributed by atoms with van der Waals surface area (Å²) >= 11 is 5.18. The number of para-hydroxylation sites is 1. The molecule has 0 radical (unpaired) electrons. The highest BCUT2D eigenvalue weighted by Crippen LogP contribution is 2.16. The van der Waals surface area contributed by atoms with E-state index in [2.05, 4.69) is 16.0 Å². The molecule has 1 saturated heterocycles. The van der Waals surface area contributed by atoms with Gasteiger partial charge in [0.05, 0.1) is 22.3 Å². The van der Waals surface area contributed by atoms with Gasteiger partial charge in [-0.2, -0.15) is 0 Å². The van der Waals surface area contributed by atoms with Crippen molar-refractivity contribution in [3.05, 3.63) is 75.8 Å². The lowest BCUT2D eigenvalue weighted by Crippen LogP contribution is -2.35. The minimum absolute atomic E-state index is 0.0121. The number of carbonyl (C=O) groups excluding carboxylic acids is 2. The number of nitro benzene ring substituents is 1. The van der Waals surface area contributed by atoms with E-state index < -0.39 is 10.8 Å². The number of carbonyl (C=O) groups is 2. The highest BCUT2D eigenvalue weighted by atomic mass is 32.1. The first-order valence-corrected chi connectivity index (χ1v) is 10.4. The van der Waals surface area contributed by atoms with Gasteiger partial charge in [-0.3, -0.25) is 25.0 Å². The SMILES string of the molecule is O=C(/C=C/c1cccc([N+](=O)[O-])c1)NC(=S)Nc1ccccc1C(=O)NCC1CCCO1. The number of benzene rings is 2. The third-order valence-electron chi connectivity index (χ3n) is 4.68. The van der Waals surface area contributed by atoms with Crippen molar-refractivity contribution in [1.82, 2.24) is 10.6 Å². The molecule has 1 fully saturated rings. The predicted octanol–water partition coefficient (Wildman–Crippen LogP) is 3.03. The van der Waals surface area contributed by atoms with Crippen LogP contribution in [0.5, 0.6) is 0 Å². The quantitative estimate of drug-likeness (QED) is 0.254. The van der Waals surface area contributed by atoms with Gasteiger partial charge >= 0.3 is 0 Å². The average molecular weight is 455 g/mol. The van der Waals surface area contributed by atoms with Crippen molar-refractivity contribution in [2.75, 3.05) is 18.5 Å². The third-order valence-corrected chi connectivity index (χ3v) is 4.88. The molecule has 10 heteroatoms. The number of hydrogen-bond donors (Lipinski definition) is 3. The van der Waals surface area contributed by atoms with Crippen LogP contribution in [0, 0.1) is 10.1 Å². The number of anilines is 1. The highest BCUT2D eigenvalue weighted by molar-refractivity contribution is 7.80. The first kappa shape index (κ1) is 23.0. The number of non-ortho nitro benzene ring substituents is 1. The second kappa shape index (κ2) is 11.1. The number of nitro groups is 1. The molecule has 0 bridgehead atoms. The normalized spacial score (nSPS) is 15.3. The molecule has 0 aliphatic carbocycles. The fourth-order valence-corrected chi connectivity index (χ4v) is 3.33. The third kappa shape index (κ3) is 6.69. The molecule has 3 N–H and O–H groups in total. The Balaban J connectivity index is 1.56. The Bertz CT molecular complexity index is 1050. The van der Waals surface area contributed by atoms with E-state index in [-0.39, 0.29) is 22.8 Å². The van der Waals surface area contributed by atoms with Gasteiger partial charge in [0.15, 0.2) is 5.11 Å². The fraction of sp³-hybridized carbons (Fsp3) is 0.227. The molecule has 1 unspecified atom stereocenters. The smallest absolute Gasteiger partial charge is 0.270 e. The topological polar surface area (TPSA) is 123 Å². The molecule has 0 spiro atoms. The van der Waals surface area contributed by atoms with Crippen LogP contribution < -0.4 is 16.0 Å². The number of amides is 2. The zero-order valence-electron chi connectivity index (χ0n) is 17.1. The van der Waals surface area contributed by atoms with E-state index in [0.29, 0.717) is 30.0 Å². The lowest BCUT2D eigenvalue weighted by atomic mass is 10.1. The molecule has 2 aromatic carbocycles. The molecule has 1 heterocycles. The van der Waals surface area contributed by atoms with E-state index in [1.165, 1.54) is 30.4 Å². The maximum atomic E-state index is 12.6. The van der Waals surface area contributed by atoms with Gasteiger partial charge in [-0.1, -0.05) is 24.3 Å². The Morgan fingerprint density at radius 3 is 2.78 bits per heavy atom. The maximum Gasteiger partial charge on any atom is 0.270 e. The summed E-state index contributed by atoms with van der Waals surface area (Å²) in [7, 11) is 0. The Morgan fingerprint density at radius 2 is 2.03 bits per heavy atom. The van der Waals surface area contributed by atoms with Crippen LogP contribution in [0.1, 0.15) is 28.8 Å². The molecule has 166 valence electrons. The summed E-state index contributed by atoms with van der Waals surface area (Å²) in [5, 5.41) is 19.0. The number of rotatable bonds is 7. The van der Waals surface area contributed by atoms with E-state index >= 15 is 0 Å². The van der Waals surface area contributed by atoms with E-state index in [9.17, 15) is 19.7 Å². The second-order valence-corrected chi connectivity index (χ2v) is 7.43. The van der Waals surface area contributed by atoms with Crippen LogP contribution in [-0.4, -0.2) is 41.1 Å². The predicted molar refractivity (Wildman–Crippen MR) is 124 cm³/mol. The first-order valence-electron chi connectivity index (χ1n) is 9.95. The molecule has 1 atom stereocenters. The minimum atomic E-state index is -0.519. The van der Waals surface area contributed by atoms with Crippen molar-refractivity contribution in [1.29, 1.82) is 0 Å². The summed E-state index contributed by atoms with van der Waals surface area (Å²) in [6.07, 6.45) is 4.59. The lowest BCUT2D eigenvalue weighted by Gasteiger charge is -2.14. The van der Waals surface area contributed by atoms with E-state index in [0.717, 1.165) is 12.8 Å². The molecule has 0 aromatic heterocycles. The van der Waals surface area contributed by atoms with E-state index in [1.807, 2.05) is 0 Å². The summed E-state index contributed by atoms with van der Waals surface area (Å²) in [6.45, 7) is 1.14. The van der Waals surface area contributed by atoms with E-state index in [1.54, 1.807) is 30.3 Å². The standard InChI is InChI=1S/C22H22N4O5S/c27-20(11-10-15-5-3-6-16(13-15)26(29)30)25-22(32)24-19-9-2-1-8-18(19)21(28)23-14-17-7-4-12-31-17/h1-3,5-6,8-11,13,17H,4,7,12,14H2,(H,23,28)(H2,24,25,27,32)/b11-10+. The monoisotopic (exact) mass is 454 g/mol. The van der Waals surface area contributed by atoms with Crippen LogP contribution in [-0.2, 0) is 9.53 Å². The second-order valence-electron chi connectivity index (χ2n) is 7.02. The average Bonchev–Trinajstić information content (AvgIpc) is 3.30. The van der Waals surface area contributed by atoms with Crippen LogP contribution in [0.2, 0.25) is 0 Å². The van der Waals surface area contributed by atoms with Crippen molar-refractivity contribution in [3.8, 4) is 0 Å². The molecule has 1 aliphatic rings. The lowest BCUT2D eigenvalue weighted by molar-refractivity contribution is -0.384. The van der Waals surface area contributed by atoms with Crippen LogP contribution >= 0.6 is 12.2 Å². The van der Waals surface area contributed by atoms with Gasteiger partial charge in [-0.15, -0.1) is 0 Å². The van der Waals surface area contributed by atoms with Gasteiger partial charge in [0, 0.05) is 31.4 Å². The molecular formula is C22H22N4O5S. The van der Waals surface area contributed by atoms with Crippen molar-refractivity contribution in [3.63, 3.8) is 0 Å². The van der Waals surface area contributed by atoms with E-state index in [4.69, 9.17) is 17.0 Å². The first-order chi connectivity index (χ1) is 15.4. The maximum absolute atomic E-state index is 12.6. The summed E-state index contributed by atoms with van der Waals surface area (Å²) in [6, 6.07) is 12.7. The van der Waals surface area contributed by atoms with Gasteiger partial charge in [0.25, 0.3) is 11.6 Å². The molecule has 2 aromatic rings. The fourth-order valence-electron chi connectivity index (χ4n) is 3.12. The number of nitrogens with zero attached hydrogens (tertiary/aromatic N) is 1. The van der Waals surface area contributed by atoms with Gasteiger partial charge in [0.1, 0.15) is 0 Å². The minimum Gasteiger partial charge on any atom is -0.376 e.